The van der Waals surface area contributed by atoms with Crippen LogP contribution in [-0.2, 0) is 6.42 Å². The SMILES string of the molecule is CCc1cnccc1-c1noc([C@@H](N)c2ccccc2)n1. The number of nitrogens with zero attached hydrogens (tertiary/aromatic N) is 3. The van der Waals surface area contributed by atoms with Gasteiger partial charge in [-0.2, -0.15) is 4.98 Å². The van der Waals surface area contributed by atoms with E-state index in [1.165, 1.54) is 0 Å². The Morgan fingerprint density at radius 2 is 2.00 bits per heavy atom. The van der Waals surface area contributed by atoms with Crippen molar-refractivity contribution in [3.8, 4) is 11.4 Å². The number of nitrogens with two attached hydrogens (primary N) is 1. The highest BCUT2D eigenvalue weighted by atomic mass is 16.5. The van der Waals surface area contributed by atoms with Crippen molar-refractivity contribution in [3.63, 3.8) is 0 Å². The van der Waals surface area contributed by atoms with Gasteiger partial charge in [0.25, 0.3) is 0 Å². The molecule has 0 saturated heterocycles. The molecule has 21 heavy (non-hydrogen) atoms. The summed E-state index contributed by atoms with van der Waals surface area (Å²) in [4.78, 5) is 8.56. The second kappa shape index (κ2) is 5.85. The fourth-order valence-electron chi connectivity index (χ4n) is 2.20. The fourth-order valence-corrected chi connectivity index (χ4v) is 2.20. The van der Waals surface area contributed by atoms with Crippen LogP contribution in [0, 0.1) is 0 Å². The maximum absolute atomic E-state index is 6.17. The molecule has 3 aromatic rings. The minimum absolute atomic E-state index is 0.412. The van der Waals surface area contributed by atoms with Gasteiger partial charge in [-0.25, -0.2) is 0 Å². The average Bonchev–Trinajstić information content (AvgIpc) is 3.04. The van der Waals surface area contributed by atoms with Crippen LogP contribution in [0.2, 0.25) is 0 Å². The first-order valence-electron chi connectivity index (χ1n) is 6.87. The zero-order valence-electron chi connectivity index (χ0n) is 11.7. The summed E-state index contributed by atoms with van der Waals surface area (Å²) in [6.45, 7) is 2.07. The van der Waals surface area contributed by atoms with Crippen LogP contribution in [0.15, 0.2) is 53.3 Å². The van der Waals surface area contributed by atoms with Crippen LogP contribution in [0.25, 0.3) is 11.4 Å². The van der Waals surface area contributed by atoms with Gasteiger partial charge in [0.05, 0.1) is 0 Å². The van der Waals surface area contributed by atoms with Gasteiger partial charge >= 0.3 is 0 Å². The topological polar surface area (TPSA) is 77.8 Å². The number of aromatic nitrogens is 3. The summed E-state index contributed by atoms with van der Waals surface area (Å²) in [5.74, 6) is 0.964. The molecule has 0 aliphatic carbocycles. The molecular formula is C16H16N4O. The molecule has 0 fully saturated rings. The lowest BCUT2D eigenvalue weighted by Crippen LogP contribution is -2.12. The second-order valence-corrected chi connectivity index (χ2v) is 4.73. The number of hydrogen-bond acceptors (Lipinski definition) is 5. The molecular weight excluding hydrogens is 264 g/mol. The predicted molar refractivity (Wildman–Crippen MR) is 79.4 cm³/mol. The zero-order chi connectivity index (χ0) is 14.7. The van der Waals surface area contributed by atoms with Crippen LogP contribution in [0.5, 0.6) is 0 Å². The molecule has 0 radical (unpaired) electrons. The first kappa shape index (κ1) is 13.5. The molecule has 5 heteroatoms. The van der Waals surface area contributed by atoms with Crippen LogP contribution < -0.4 is 5.73 Å². The summed E-state index contributed by atoms with van der Waals surface area (Å²) in [5.41, 5.74) is 9.13. The van der Waals surface area contributed by atoms with E-state index >= 15 is 0 Å². The number of rotatable bonds is 4. The van der Waals surface area contributed by atoms with Gasteiger partial charge in [0.1, 0.15) is 6.04 Å². The predicted octanol–water partition coefficient (Wildman–Crippen LogP) is 2.74. The average molecular weight is 280 g/mol. The van der Waals surface area contributed by atoms with Crippen LogP contribution in [0.1, 0.15) is 30.0 Å². The molecule has 0 bridgehead atoms. The van der Waals surface area contributed by atoms with Gasteiger partial charge in [-0.05, 0) is 23.6 Å². The third-order valence-corrected chi connectivity index (χ3v) is 3.39. The van der Waals surface area contributed by atoms with Gasteiger partial charge in [0.2, 0.25) is 11.7 Å². The quantitative estimate of drug-likeness (QED) is 0.795. The number of aryl methyl sites for hydroxylation is 1. The van der Waals surface area contributed by atoms with Gasteiger partial charge in [-0.1, -0.05) is 42.4 Å². The summed E-state index contributed by atoms with van der Waals surface area (Å²) in [6.07, 6.45) is 4.40. The summed E-state index contributed by atoms with van der Waals surface area (Å²) in [6, 6.07) is 11.2. The number of pyridine rings is 1. The van der Waals surface area contributed by atoms with Crippen LogP contribution in [0.3, 0.4) is 0 Å². The molecule has 3 rings (SSSR count). The van der Waals surface area contributed by atoms with Gasteiger partial charge in [-0.3, -0.25) is 4.98 Å². The third-order valence-electron chi connectivity index (χ3n) is 3.39. The van der Waals surface area contributed by atoms with Crippen molar-refractivity contribution >= 4 is 0 Å². The molecule has 1 aromatic carbocycles. The number of hydrogen-bond donors (Lipinski definition) is 1. The first-order chi connectivity index (χ1) is 10.3. The molecule has 5 nitrogen and oxygen atoms in total. The van der Waals surface area contributed by atoms with E-state index in [-0.39, 0.29) is 0 Å². The monoisotopic (exact) mass is 280 g/mol. The maximum atomic E-state index is 6.17. The molecule has 1 atom stereocenters. The van der Waals surface area contributed by atoms with Crippen LogP contribution in [-0.4, -0.2) is 15.1 Å². The van der Waals surface area contributed by atoms with E-state index in [9.17, 15) is 0 Å². The minimum Gasteiger partial charge on any atom is -0.337 e. The van der Waals surface area contributed by atoms with Crippen molar-refractivity contribution in [1.82, 2.24) is 15.1 Å². The Hall–Kier alpha value is -2.53. The molecule has 2 aromatic heterocycles. The maximum Gasteiger partial charge on any atom is 0.248 e. The van der Waals surface area contributed by atoms with Crippen LogP contribution in [0.4, 0.5) is 0 Å². The highest BCUT2D eigenvalue weighted by Crippen LogP contribution is 2.24. The van der Waals surface area contributed by atoms with Crippen molar-refractivity contribution in [3.05, 3.63) is 65.8 Å². The third kappa shape index (κ3) is 2.68. The molecule has 0 saturated carbocycles. The van der Waals surface area contributed by atoms with E-state index in [4.69, 9.17) is 10.3 Å². The molecule has 0 unspecified atom stereocenters. The standard InChI is InChI=1S/C16H16N4O/c1-2-11-10-18-9-8-13(11)15-19-16(21-20-15)14(17)12-6-4-3-5-7-12/h3-10,14H,2,17H2,1H3/t14-/m0/s1. The molecule has 2 N–H and O–H groups in total. The lowest BCUT2D eigenvalue weighted by Gasteiger charge is -2.05. The molecule has 0 amide bonds. The number of benzene rings is 1. The van der Waals surface area contributed by atoms with E-state index in [0.29, 0.717) is 11.7 Å². The molecule has 2 heterocycles. The van der Waals surface area contributed by atoms with Crippen molar-refractivity contribution in [2.75, 3.05) is 0 Å². The zero-order valence-corrected chi connectivity index (χ0v) is 11.7. The van der Waals surface area contributed by atoms with E-state index < -0.39 is 6.04 Å². The fraction of sp³-hybridized carbons (Fsp3) is 0.188. The van der Waals surface area contributed by atoms with Crippen molar-refractivity contribution in [2.24, 2.45) is 5.73 Å². The van der Waals surface area contributed by atoms with E-state index in [1.807, 2.05) is 42.6 Å². The second-order valence-electron chi connectivity index (χ2n) is 4.73. The van der Waals surface area contributed by atoms with Gasteiger partial charge in [0, 0.05) is 18.0 Å². The summed E-state index contributed by atoms with van der Waals surface area (Å²) in [7, 11) is 0. The first-order valence-corrected chi connectivity index (χ1v) is 6.87. The van der Waals surface area contributed by atoms with Crippen molar-refractivity contribution < 1.29 is 4.52 Å². The molecule has 0 spiro atoms. The Morgan fingerprint density at radius 1 is 1.19 bits per heavy atom. The molecule has 0 aliphatic heterocycles. The normalized spacial score (nSPS) is 12.3. The Morgan fingerprint density at radius 3 is 2.76 bits per heavy atom. The van der Waals surface area contributed by atoms with E-state index in [0.717, 1.165) is 23.1 Å². The smallest absolute Gasteiger partial charge is 0.248 e. The largest absolute Gasteiger partial charge is 0.337 e. The summed E-state index contributed by atoms with van der Waals surface area (Å²) < 4.78 is 5.33. The van der Waals surface area contributed by atoms with E-state index in [2.05, 4.69) is 22.0 Å². The highest BCUT2D eigenvalue weighted by molar-refractivity contribution is 5.58. The lowest BCUT2D eigenvalue weighted by atomic mass is 10.1. The molecule has 0 aliphatic rings. The van der Waals surface area contributed by atoms with Gasteiger partial charge < -0.3 is 10.3 Å². The Bertz CT molecular complexity index is 724. The van der Waals surface area contributed by atoms with Crippen molar-refractivity contribution in [2.45, 2.75) is 19.4 Å². The lowest BCUT2D eigenvalue weighted by molar-refractivity contribution is 0.367. The summed E-state index contributed by atoms with van der Waals surface area (Å²) >= 11 is 0. The van der Waals surface area contributed by atoms with E-state index in [1.54, 1.807) is 6.20 Å². The van der Waals surface area contributed by atoms with Gasteiger partial charge in [0.15, 0.2) is 0 Å². The highest BCUT2D eigenvalue weighted by Gasteiger charge is 2.18. The van der Waals surface area contributed by atoms with Gasteiger partial charge in [-0.15, -0.1) is 0 Å². The molecule has 106 valence electrons. The summed E-state index contributed by atoms with van der Waals surface area (Å²) in [5, 5.41) is 4.05. The Balaban J connectivity index is 1.93. The van der Waals surface area contributed by atoms with Crippen molar-refractivity contribution in [1.29, 1.82) is 0 Å². The minimum atomic E-state index is -0.417. The Labute approximate surface area is 122 Å². The Kier molecular flexibility index (Phi) is 3.75. The van der Waals surface area contributed by atoms with Crippen LogP contribution >= 0.6 is 0 Å².